The standard InChI is InChI=1S/C12H19BrN4O/c1-3-17-12(18)11(13)10(5-15-17)16-6-8(2)4-9(14)7-16/h5,8-9H,3-4,6-7,14H2,1-2H3. The highest BCUT2D eigenvalue weighted by Gasteiger charge is 2.24. The third-order valence-electron chi connectivity index (χ3n) is 3.30. The fourth-order valence-corrected chi connectivity index (χ4v) is 3.06. The number of piperidine rings is 1. The molecule has 0 bridgehead atoms. The van der Waals surface area contributed by atoms with Crippen LogP contribution >= 0.6 is 15.9 Å². The van der Waals surface area contributed by atoms with Crippen molar-refractivity contribution < 1.29 is 0 Å². The Balaban J connectivity index is 2.34. The summed E-state index contributed by atoms with van der Waals surface area (Å²) in [5.41, 5.74) is 6.81. The third-order valence-corrected chi connectivity index (χ3v) is 4.04. The zero-order valence-corrected chi connectivity index (χ0v) is 12.4. The number of aromatic nitrogens is 2. The monoisotopic (exact) mass is 314 g/mol. The molecule has 1 fully saturated rings. The molecule has 5 nitrogen and oxygen atoms in total. The lowest BCUT2D eigenvalue weighted by Crippen LogP contribution is -2.47. The highest BCUT2D eigenvalue weighted by Crippen LogP contribution is 2.26. The number of nitrogens with zero attached hydrogens (tertiary/aromatic N) is 3. The number of nitrogens with two attached hydrogens (primary N) is 1. The van der Waals surface area contributed by atoms with Crippen LogP contribution in [0, 0.1) is 5.92 Å². The second-order valence-corrected chi connectivity index (χ2v) is 5.76. The van der Waals surface area contributed by atoms with Gasteiger partial charge < -0.3 is 10.6 Å². The van der Waals surface area contributed by atoms with Gasteiger partial charge in [-0.3, -0.25) is 4.79 Å². The van der Waals surface area contributed by atoms with Crippen LogP contribution in [0.15, 0.2) is 15.5 Å². The van der Waals surface area contributed by atoms with E-state index in [1.807, 2.05) is 6.92 Å². The average molecular weight is 315 g/mol. The van der Waals surface area contributed by atoms with Crippen molar-refractivity contribution in [1.29, 1.82) is 0 Å². The van der Waals surface area contributed by atoms with E-state index in [4.69, 9.17) is 5.73 Å². The smallest absolute Gasteiger partial charge is 0.283 e. The summed E-state index contributed by atoms with van der Waals surface area (Å²) in [5, 5.41) is 4.17. The molecule has 1 aliphatic heterocycles. The minimum absolute atomic E-state index is 0.0817. The van der Waals surface area contributed by atoms with E-state index in [2.05, 4.69) is 32.9 Å². The van der Waals surface area contributed by atoms with Gasteiger partial charge in [-0.2, -0.15) is 5.10 Å². The number of rotatable bonds is 2. The third kappa shape index (κ3) is 2.59. The largest absolute Gasteiger partial charge is 0.367 e. The molecule has 0 spiro atoms. The van der Waals surface area contributed by atoms with Crippen LogP contribution in [-0.2, 0) is 6.54 Å². The quantitative estimate of drug-likeness (QED) is 0.891. The van der Waals surface area contributed by atoms with Crippen LogP contribution in [0.25, 0.3) is 0 Å². The van der Waals surface area contributed by atoms with Crippen molar-refractivity contribution >= 4 is 21.6 Å². The van der Waals surface area contributed by atoms with Crippen molar-refractivity contribution in [2.45, 2.75) is 32.9 Å². The molecule has 2 heterocycles. The zero-order valence-electron chi connectivity index (χ0n) is 10.8. The maximum absolute atomic E-state index is 12.0. The van der Waals surface area contributed by atoms with E-state index in [0.29, 0.717) is 16.9 Å². The summed E-state index contributed by atoms with van der Waals surface area (Å²) in [5.74, 6) is 0.536. The van der Waals surface area contributed by atoms with E-state index in [0.717, 1.165) is 25.2 Å². The second kappa shape index (κ2) is 5.40. The Morgan fingerprint density at radius 2 is 2.28 bits per heavy atom. The minimum Gasteiger partial charge on any atom is -0.367 e. The van der Waals surface area contributed by atoms with Crippen LogP contribution in [0.3, 0.4) is 0 Å². The van der Waals surface area contributed by atoms with Crippen molar-refractivity contribution in [3.8, 4) is 0 Å². The van der Waals surface area contributed by atoms with Gasteiger partial charge in [0.2, 0.25) is 0 Å². The van der Waals surface area contributed by atoms with Gasteiger partial charge in [-0.25, -0.2) is 4.68 Å². The highest BCUT2D eigenvalue weighted by atomic mass is 79.9. The summed E-state index contributed by atoms with van der Waals surface area (Å²) >= 11 is 3.39. The fraction of sp³-hybridized carbons (Fsp3) is 0.667. The molecule has 6 heteroatoms. The zero-order chi connectivity index (χ0) is 13.3. The number of anilines is 1. The molecule has 0 amide bonds. The van der Waals surface area contributed by atoms with Gasteiger partial charge in [-0.1, -0.05) is 6.92 Å². The molecular weight excluding hydrogens is 296 g/mol. The van der Waals surface area contributed by atoms with Crippen LogP contribution < -0.4 is 16.2 Å². The van der Waals surface area contributed by atoms with E-state index >= 15 is 0 Å². The van der Waals surface area contributed by atoms with E-state index in [1.165, 1.54) is 4.68 Å². The summed E-state index contributed by atoms with van der Waals surface area (Å²) in [6.07, 6.45) is 2.79. The van der Waals surface area contributed by atoms with Crippen molar-refractivity contribution in [3.05, 3.63) is 21.0 Å². The Morgan fingerprint density at radius 1 is 1.56 bits per heavy atom. The second-order valence-electron chi connectivity index (χ2n) is 4.97. The number of hydrogen-bond acceptors (Lipinski definition) is 4. The van der Waals surface area contributed by atoms with Crippen LogP contribution in [0.4, 0.5) is 5.69 Å². The van der Waals surface area contributed by atoms with Crippen LogP contribution in [0.5, 0.6) is 0 Å². The maximum atomic E-state index is 12.0. The van der Waals surface area contributed by atoms with Crippen LogP contribution in [-0.4, -0.2) is 28.9 Å². The molecule has 1 saturated heterocycles. The summed E-state index contributed by atoms with van der Waals surface area (Å²) in [4.78, 5) is 14.2. The van der Waals surface area contributed by atoms with E-state index in [-0.39, 0.29) is 11.6 Å². The van der Waals surface area contributed by atoms with Crippen molar-refractivity contribution in [2.24, 2.45) is 11.7 Å². The molecule has 2 unspecified atom stereocenters. The van der Waals surface area contributed by atoms with Gasteiger partial charge in [0.1, 0.15) is 4.47 Å². The van der Waals surface area contributed by atoms with Gasteiger partial charge in [-0.05, 0) is 35.2 Å². The predicted molar refractivity (Wildman–Crippen MR) is 75.8 cm³/mol. The van der Waals surface area contributed by atoms with Crippen molar-refractivity contribution in [2.75, 3.05) is 18.0 Å². The molecular formula is C12H19BrN4O. The first-order valence-corrected chi connectivity index (χ1v) is 7.08. The highest BCUT2D eigenvalue weighted by molar-refractivity contribution is 9.10. The van der Waals surface area contributed by atoms with Crippen LogP contribution in [0.1, 0.15) is 20.3 Å². The van der Waals surface area contributed by atoms with Gasteiger partial charge in [0.05, 0.1) is 11.9 Å². The first-order valence-electron chi connectivity index (χ1n) is 6.29. The fourth-order valence-electron chi connectivity index (χ4n) is 2.50. The minimum atomic E-state index is -0.0817. The predicted octanol–water partition coefficient (Wildman–Crippen LogP) is 1.20. The molecule has 2 rings (SSSR count). The molecule has 0 saturated carbocycles. The topological polar surface area (TPSA) is 64.2 Å². The summed E-state index contributed by atoms with van der Waals surface area (Å²) in [7, 11) is 0. The Bertz CT molecular complexity index is 477. The van der Waals surface area contributed by atoms with Gasteiger partial charge in [0.25, 0.3) is 5.56 Å². The molecule has 0 radical (unpaired) electrons. The molecule has 100 valence electrons. The Labute approximate surface area is 115 Å². The molecule has 2 atom stereocenters. The summed E-state index contributed by atoms with van der Waals surface area (Å²) in [6.45, 7) is 6.36. The number of halogens is 1. The normalized spacial score (nSPS) is 24.3. The first kappa shape index (κ1) is 13.5. The lowest BCUT2D eigenvalue weighted by Gasteiger charge is -2.36. The maximum Gasteiger partial charge on any atom is 0.283 e. The molecule has 0 aliphatic carbocycles. The van der Waals surface area contributed by atoms with Gasteiger partial charge >= 0.3 is 0 Å². The van der Waals surface area contributed by atoms with Crippen LogP contribution in [0.2, 0.25) is 0 Å². The molecule has 1 aromatic heterocycles. The Kier molecular flexibility index (Phi) is 4.07. The van der Waals surface area contributed by atoms with Gasteiger partial charge in [0.15, 0.2) is 0 Å². The van der Waals surface area contributed by atoms with E-state index < -0.39 is 0 Å². The Morgan fingerprint density at radius 3 is 2.89 bits per heavy atom. The molecule has 0 aromatic carbocycles. The van der Waals surface area contributed by atoms with Gasteiger partial charge in [0, 0.05) is 25.7 Å². The number of hydrogen-bond donors (Lipinski definition) is 1. The summed E-state index contributed by atoms with van der Waals surface area (Å²) < 4.78 is 2.03. The lowest BCUT2D eigenvalue weighted by molar-refractivity contribution is 0.400. The van der Waals surface area contributed by atoms with Gasteiger partial charge in [-0.15, -0.1) is 0 Å². The molecule has 1 aromatic rings. The SMILES string of the molecule is CCn1ncc(N2CC(C)CC(N)C2)c(Br)c1=O. The van der Waals surface area contributed by atoms with E-state index in [1.54, 1.807) is 6.20 Å². The molecule has 18 heavy (non-hydrogen) atoms. The number of aryl methyl sites for hydroxylation is 1. The average Bonchev–Trinajstić information content (AvgIpc) is 2.31. The summed E-state index contributed by atoms with van der Waals surface area (Å²) in [6, 6.07) is 0.161. The van der Waals surface area contributed by atoms with Crippen molar-refractivity contribution in [3.63, 3.8) is 0 Å². The van der Waals surface area contributed by atoms with Crippen molar-refractivity contribution in [1.82, 2.24) is 9.78 Å². The molecule has 1 aliphatic rings. The van der Waals surface area contributed by atoms with E-state index in [9.17, 15) is 4.79 Å². The lowest BCUT2D eigenvalue weighted by atomic mass is 9.96. The molecule has 2 N–H and O–H groups in total. The first-order chi connectivity index (χ1) is 8.52. The Hall–Kier alpha value is -0.880.